The zero-order valence-corrected chi connectivity index (χ0v) is 15.4. The second-order valence-corrected chi connectivity index (χ2v) is 7.05. The van der Waals surface area contributed by atoms with Gasteiger partial charge < -0.3 is 9.67 Å². The Morgan fingerprint density at radius 2 is 1.60 bits per heavy atom. The Kier molecular flexibility index (Phi) is 5.46. The standard InChI is InChI=1S/C18H10F6N2O3S/c19-17(20,21)10-3-1-2-9(6-10)15(29)25-16-26(8-14(27)28)12-5-4-11(18(22,23)24)7-13(12)30-16/h1-7H,8H2,(H,27,28). The Morgan fingerprint density at radius 1 is 0.967 bits per heavy atom. The molecule has 1 N–H and O–H groups in total. The monoisotopic (exact) mass is 448 g/mol. The summed E-state index contributed by atoms with van der Waals surface area (Å²) in [6, 6.07) is 6.04. The highest BCUT2D eigenvalue weighted by atomic mass is 32.1. The molecule has 12 heteroatoms. The maximum absolute atomic E-state index is 12.9. The van der Waals surface area contributed by atoms with E-state index in [9.17, 15) is 35.9 Å². The summed E-state index contributed by atoms with van der Waals surface area (Å²) in [5.74, 6) is -2.44. The highest BCUT2D eigenvalue weighted by Gasteiger charge is 2.32. The minimum absolute atomic E-state index is 0.0154. The lowest BCUT2D eigenvalue weighted by Crippen LogP contribution is -2.21. The molecule has 1 heterocycles. The second-order valence-electron chi connectivity index (χ2n) is 6.04. The van der Waals surface area contributed by atoms with Crippen molar-refractivity contribution in [2.24, 2.45) is 4.99 Å². The predicted molar refractivity (Wildman–Crippen MR) is 93.8 cm³/mol. The highest BCUT2D eigenvalue weighted by Crippen LogP contribution is 2.32. The van der Waals surface area contributed by atoms with E-state index in [0.29, 0.717) is 17.4 Å². The van der Waals surface area contributed by atoms with Crippen molar-refractivity contribution >= 4 is 33.4 Å². The third-order valence-corrected chi connectivity index (χ3v) is 4.98. The van der Waals surface area contributed by atoms with Gasteiger partial charge in [0.2, 0.25) is 0 Å². The molecule has 0 saturated heterocycles. The van der Waals surface area contributed by atoms with Crippen LogP contribution in [0.15, 0.2) is 47.5 Å². The number of carbonyl (C=O) groups excluding carboxylic acids is 1. The van der Waals surface area contributed by atoms with Gasteiger partial charge in [0, 0.05) is 5.56 Å². The molecule has 3 aromatic rings. The second kappa shape index (κ2) is 7.59. The first-order chi connectivity index (χ1) is 13.9. The Labute approximate surface area is 167 Å². The van der Waals surface area contributed by atoms with E-state index in [-0.39, 0.29) is 15.0 Å². The number of aliphatic carboxylic acids is 1. The average molecular weight is 448 g/mol. The van der Waals surface area contributed by atoms with Crippen LogP contribution < -0.4 is 4.80 Å². The number of benzene rings is 2. The van der Waals surface area contributed by atoms with Gasteiger partial charge in [0.1, 0.15) is 6.54 Å². The van der Waals surface area contributed by atoms with Crippen LogP contribution in [0.25, 0.3) is 10.2 Å². The Bertz CT molecular complexity index is 1210. The number of aromatic nitrogens is 1. The molecular weight excluding hydrogens is 438 g/mol. The Balaban J connectivity index is 2.15. The van der Waals surface area contributed by atoms with Crippen LogP contribution in [0.1, 0.15) is 21.5 Å². The van der Waals surface area contributed by atoms with E-state index in [1.165, 1.54) is 0 Å². The average Bonchev–Trinajstić information content (AvgIpc) is 2.96. The minimum atomic E-state index is -4.69. The van der Waals surface area contributed by atoms with Crippen molar-refractivity contribution in [2.45, 2.75) is 18.9 Å². The minimum Gasteiger partial charge on any atom is -0.480 e. The number of hydrogen-bond donors (Lipinski definition) is 1. The normalized spacial score (nSPS) is 13.1. The molecule has 1 amide bonds. The topological polar surface area (TPSA) is 71.7 Å². The van der Waals surface area contributed by atoms with E-state index in [4.69, 9.17) is 5.11 Å². The van der Waals surface area contributed by atoms with Gasteiger partial charge in [-0.2, -0.15) is 31.3 Å². The summed E-state index contributed by atoms with van der Waals surface area (Å²) in [6.45, 7) is -0.708. The van der Waals surface area contributed by atoms with Crippen LogP contribution in [0.4, 0.5) is 26.3 Å². The molecule has 30 heavy (non-hydrogen) atoms. The number of halogens is 6. The summed E-state index contributed by atoms with van der Waals surface area (Å²) in [4.78, 5) is 26.9. The number of carboxylic acid groups (broad SMARTS) is 1. The maximum Gasteiger partial charge on any atom is 0.416 e. The number of carboxylic acids is 1. The fourth-order valence-electron chi connectivity index (χ4n) is 2.60. The van der Waals surface area contributed by atoms with Crippen LogP contribution in [0, 0.1) is 0 Å². The SMILES string of the molecule is O=C(O)Cn1c(=NC(=O)c2cccc(C(F)(F)F)c2)sc2cc(C(F)(F)F)ccc21. The van der Waals surface area contributed by atoms with Gasteiger partial charge in [-0.3, -0.25) is 9.59 Å². The lowest BCUT2D eigenvalue weighted by atomic mass is 10.1. The first-order valence-corrected chi connectivity index (χ1v) is 8.86. The molecule has 0 atom stereocenters. The molecule has 0 fully saturated rings. The highest BCUT2D eigenvalue weighted by molar-refractivity contribution is 7.16. The molecule has 0 unspecified atom stereocenters. The summed E-state index contributed by atoms with van der Waals surface area (Å²) in [6.07, 6.45) is -9.33. The summed E-state index contributed by atoms with van der Waals surface area (Å²) >= 11 is 0.619. The third-order valence-electron chi connectivity index (χ3n) is 3.94. The van der Waals surface area contributed by atoms with Crippen molar-refractivity contribution in [3.63, 3.8) is 0 Å². The van der Waals surface area contributed by atoms with Gasteiger partial charge in [0.25, 0.3) is 5.91 Å². The van der Waals surface area contributed by atoms with Gasteiger partial charge in [-0.25, -0.2) is 0 Å². The quantitative estimate of drug-likeness (QED) is 0.597. The van der Waals surface area contributed by atoms with Gasteiger partial charge in [-0.15, -0.1) is 0 Å². The number of carbonyl (C=O) groups is 2. The van der Waals surface area contributed by atoms with E-state index in [2.05, 4.69) is 4.99 Å². The molecule has 0 saturated carbocycles. The van der Waals surface area contributed by atoms with Crippen molar-refractivity contribution in [1.29, 1.82) is 0 Å². The summed E-state index contributed by atoms with van der Waals surface area (Å²) < 4.78 is 78.3. The molecule has 0 aliphatic heterocycles. The molecule has 5 nitrogen and oxygen atoms in total. The Hall–Kier alpha value is -3.15. The predicted octanol–water partition coefficient (Wildman–Crippen LogP) is 4.57. The molecule has 1 aromatic heterocycles. The number of nitrogens with zero attached hydrogens (tertiary/aromatic N) is 2. The first-order valence-electron chi connectivity index (χ1n) is 8.05. The largest absolute Gasteiger partial charge is 0.480 e. The fraction of sp³-hybridized carbons (Fsp3) is 0.167. The molecule has 158 valence electrons. The zero-order valence-electron chi connectivity index (χ0n) is 14.6. The zero-order chi connectivity index (χ0) is 22.3. The van der Waals surface area contributed by atoms with Crippen molar-refractivity contribution in [2.75, 3.05) is 0 Å². The van der Waals surface area contributed by atoms with Crippen molar-refractivity contribution in [1.82, 2.24) is 4.57 Å². The summed E-state index contributed by atoms with van der Waals surface area (Å²) in [5, 5.41) is 9.08. The maximum atomic E-state index is 12.9. The third kappa shape index (κ3) is 4.53. The van der Waals surface area contributed by atoms with Gasteiger partial charge >= 0.3 is 18.3 Å². The molecule has 0 bridgehead atoms. The lowest BCUT2D eigenvalue weighted by molar-refractivity contribution is -0.138. The lowest BCUT2D eigenvalue weighted by Gasteiger charge is -2.07. The fourth-order valence-corrected chi connectivity index (χ4v) is 3.67. The smallest absolute Gasteiger partial charge is 0.416 e. The van der Waals surface area contributed by atoms with E-state index in [1.54, 1.807) is 0 Å². The van der Waals surface area contributed by atoms with Gasteiger partial charge in [-0.05, 0) is 36.4 Å². The van der Waals surface area contributed by atoms with E-state index >= 15 is 0 Å². The number of rotatable bonds is 3. The molecular formula is C18H10F6N2O3S. The van der Waals surface area contributed by atoms with Gasteiger partial charge in [0.15, 0.2) is 4.80 Å². The number of amides is 1. The molecule has 0 aliphatic rings. The molecule has 2 aromatic carbocycles. The van der Waals surface area contributed by atoms with Gasteiger partial charge in [-0.1, -0.05) is 17.4 Å². The molecule has 0 radical (unpaired) electrons. The number of alkyl halides is 6. The van der Waals surface area contributed by atoms with Crippen molar-refractivity contribution in [3.8, 4) is 0 Å². The van der Waals surface area contributed by atoms with Crippen LogP contribution in [0.5, 0.6) is 0 Å². The first kappa shape index (κ1) is 21.6. The number of thiazole rings is 1. The van der Waals surface area contributed by atoms with Gasteiger partial charge in [0.05, 0.1) is 21.3 Å². The van der Waals surface area contributed by atoms with E-state index in [0.717, 1.165) is 41.0 Å². The van der Waals surface area contributed by atoms with Crippen LogP contribution in [0.2, 0.25) is 0 Å². The number of fused-ring (bicyclic) bond motifs is 1. The molecule has 0 spiro atoms. The van der Waals surface area contributed by atoms with Crippen LogP contribution in [0.3, 0.4) is 0 Å². The van der Waals surface area contributed by atoms with E-state index in [1.807, 2.05) is 0 Å². The summed E-state index contributed by atoms with van der Waals surface area (Å²) in [7, 11) is 0. The van der Waals surface area contributed by atoms with Crippen molar-refractivity contribution in [3.05, 3.63) is 64.0 Å². The molecule has 3 rings (SSSR count). The van der Waals surface area contributed by atoms with Crippen LogP contribution in [-0.4, -0.2) is 21.6 Å². The summed E-state index contributed by atoms with van der Waals surface area (Å²) in [5.41, 5.74) is -2.37. The number of hydrogen-bond acceptors (Lipinski definition) is 3. The van der Waals surface area contributed by atoms with Crippen molar-refractivity contribution < 1.29 is 41.0 Å². The van der Waals surface area contributed by atoms with Crippen LogP contribution >= 0.6 is 11.3 Å². The van der Waals surface area contributed by atoms with E-state index < -0.39 is 47.5 Å². The Morgan fingerprint density at radius 3 is 2.20 bits per heavy atom. The van der Waals surface area contributed by atoms with Crippen LogP contribution in [-0.2, 0) is 23.7 Å². The molecule has 0 aliphatic carbocycles.